The maximum atomic E-state index is 12.5. The standard InChI is InChI=1S/C25H35N7O.2ClH/c33-24-22-23(28-25(29-24)27-20-9-3-1-4-10-20)32(19-26-22)16-8-7-13-30-17-11-21(12-18-30)31-14-5-2-6-15-31;;/h1,3-4,9-10,19,21H,2,5-8,11-18H2,(H2,27,28,29,33);2*1H. The minimum atomic E-state index is -0.214. The molecule has 1 aromatic carbocycles. The van der Waals surface area contributed by atoms with Gasteiger partial charge in [0, 0.05) is 18.3 Å². The third-order valence-electron chi connectivity index (χ3n) is 7.10. The predicted molar refractivity (Wildman–Crippen MR) is 146 cm³/mol. The molecule has 10 heteroatoms. The highest BCUT2D eigenvalue weighted by Crippen LogP contribution is 2.21. The summed E-state index contributed by atoms with van der Waals surface area (Å²) in [6.45, 7) is 7.03. The summed E-state index contributed by atoms with van der Waals surface area (Å²) in [5, 5.41) is 3.17. The fourth-order valence-electron chi connectivity index (χ4n) is 5.24. The lowest BCUT2D eigenvalue weighted by Gasteiger charge is -2.40. The van der Waals surface area contributed by atoms with Crippen molar-refractivity contribution >= 4 is 47.6 Å². The number of aromatic nitrogens is 4. The number of piperidine rings is 2. The summed E-state index contributed by atoms with van der Waals surface area (Å²) in [5.74, 6) is 0.442. The van der Waals surface area contributed by atoms with Crippen molar-refractivity contribution in [2.75, 3.05) is 38.0 Å². The molecule has 0 saturated carbocycles. The number of nitrogens with zero attached hydrogens (tertiary/aromatic N) is 5. The number of anilines is 2. The molecule has 2 N–H and O–H groups in total. The number of aryl methyl sites for hydroxylation is 1. The number of rotatable bonds is 8. The van der Waals surface area contributed by atoms with Crippen LogP contribution in [0, 0.1) is 0 Å². The van der Waals surface area contributed by atoms with Gasteiger partial charge in [-0.05, 0) is 83.4 Å². The van der Waals surface area contributed by atoms with Crippen LogP contribution in [-0.2, 0) is 6.54 Å². The zero-order chi connectivity index (χ0) is 22.5. The average Bonchev–Trinajstić information content (AvgIpc) is 3.27. The number of unbranched alkanes of at least 4 members (excludes halogenated alkanes) is 1. The van der Waals surface area contributed by atoms with Gasteiger partial charge < -0.3 is 19.7 Å². The van der Waals surface area contributed by atoms with Crippen molar-refractivity contribution in [2.24, 2.45) is 0 Å². The Morgan fingerprint density at radius 2 is 1.66 bits per heavy atom. The number of H-pyrrole nitrogens is 1. The first-order valence-corrected chi connectivity index (χ1v) is 12.5. The van der Waals surface area contributed by atoms with E-state index in [1.807, 2.05) is 34.9 Å². The van der Waals surface area contributed by atoms with Crippen LogP contribution >= 0.6 is 24.8 Å². The smallest absolute Gasteiger partial charge is 0.280 e. The van der Waals surface area contributed by atoms with Crippen LogP contribution in [0.15, 0.2) is 41.5 Å². The molecular weight excluding hydrogens is 485 g/mol. The quantitative estimate of drug-likeness (QED) is 0.426. The Balaban J connectivity index is 0.00000171. The molecule has 8 nitrogen and oxygen atoms in total. The molecule has 4 heterocycles. The molecule has 2 fully saturated rings. The second-order valence-electron chi connectivity index (χ2n) is 9.39. The monoisotopic (exact) mass is 521 g/mol. The molecule has 0 bridgehead atoms. The summed E-state index contributed by atoms with van der Waals surface area (Å²) in [6.07, 6.45) is 10.7. The topological polar surface area (TPSA) is 82.1 Å². The Hall–Kier alpha value is -2.13. The maximum Gasteiger partial charge on any atom is 0.280 e. The molecule has 0 aliphatic carbocycles. The maximum absolute atomic E-state index is 12.5. The van der Waals surface area contributed by atoms with Gasteiger partial charge in [0.1, 0.15) is 0 Å². The molecule has 2 aromatic heterocycles. The van der Waals surface area contributed by atoms with Gasteiger partial charge in [0.2, 0.25) is 5.95 Å². The molecule has 192 valence electrons. The first-order chi connectivity index (χ1) is 16.3. The van der Waals surface area contributed by atoms with Crippen LogP contribution in [0.1, 0.15) is 44.9 Å². The number of imidazole rings is 1. The molecule has 5 rings (SSSR count). The molecular formula is C25H37Cl2N7O. The van der Waals surface area contributed by atoms with E-state index < -0.39 is 0 Å². The number of aromatic amines is 1. The number of likely N-dealkylation sites (tertiary alicyclic amines) is 2. The van der Waals surface area contributed by atoms with E-state index >= 15 is 0 Å². The van der Waals surface area contributed by atoms with Gasteiger partial charge in [-0.2, -0.15) is 4.98 Å². The normalized spacial score (nSPS) is 17.6. The van der Waals surface area contributed by atoms with E-state index in [-0.39, 0.29) is 30.4 Å². The lowest BCUT2D eigenvalue weighted by molar-refractivity contribution is 0.0917. The number of benzene rings is 1. The molecule has 0 spiro atoms. The summed E-state index contributed by atoms with van der Waals surface area (Å²) >= 11 is 0. The van der Waals surface area contributed by atoms with Crippen molar-refractivity contribution in [3.05, 3.63) is 47.0 Å². The van der Waals surface area contributed by atoms with Crippen LogP contribution in [0.25, 0.3) is 11.2 Å². The second kappa shape index (κ2) is 13.3. The molecule has 35 heavy (non-hydrogen) atoms. The predicted octanol–water partition coefficient (Wildman–Crippen LogP) is 4.44. The zero-order valence-corrected chi connectivity index (χ0v) is 21.8. The molecule has 2 aliphatic rings. The summed E-state index contributed by atoms with van der Waals surface area (Å²) in [6, 6.07) is 10.5. The molecule has 2 saturated heterocycles. The number of hydrogen-bond acceptors (Lipinski definition) is 6. The molecule has 0 radical (unpaired) electrons. The highest BCUT2D eigenvalue weighted by atomic mass is 35.5. The SMILES string of the molecule is Cl.Cl.O=c1[nH]c(Nc2ccccc2)nc2c1ncn2CCCCN1CCC(N2CCCCC2)CC1. The van der Waals surface area contributed by atoms with Gasteiger partial charge in [-0.25, -0.2) is 4.98 Å². The van der Waals surface area contributed by atoms with Gasteiger partial charge in [0.05, 0.1) is 6.33 Å². The Morgan fingerprint density at radius 1 is 0.943 bits per heavy atom. The van der Waals surface area contributed by atoms with Crippen molar-refractivity contribution in [3.8, 4) is 0 Å². The molecule has 0 atom stereocenters. The highest BCUT2D eigenvalue weighted by Gasteiger charge is 2.25. The van der Waals surface area contributed by atoms with Gasteiger partial charge in [0.25, 0.3) is 5.56 Å². The van der Waals surface area contributed by atoms with Crippen LogP contribution in [0.4, 0.5) is 11.6 Å². The van der Waals surface area contributed by atoms with Gasteiger partial charge in [-0.15, -0.1) is 24.8 Å². The van der Waals surface area contributed by atoms with E-state index in [2.05, 4.69) is 30.1 Å². The van der Waals surface area contributed by atoms with Gasteiger partial charge in [-0.1, -0.05) is 24.6 Å². The van der Waals surface area contributed by atoms with E-state index in [0.29, 0.717) is 17.1 Å². The Kier molecular flexibility index (Phi) is 10.4. The van der Waals surface area contributed by atoms with E-state index in [1.54, 1.807) is 6.33 Å². The van der Waals surface area contributed by atoms with E-state index in [9.17, 15) is 4.79 Å². The van der Waals surface area contributed by atoms with Gasteiger partial charge in [-0.3, -0.25) is 9.78 Å². The Morgan fingerprint density at radius 3 is 2.40 bits per heavy atom. The lowest BCUT2D eigenvalue weighted by atomic mass is 10.00. The number of fused-ring (bicyclic) bond motifs is 1. The molecule has 3 aromatic rings. The highest BCUT2D eigenvalue weighted by molar-refractivity contribution is 5.85. The Labute approximate surface area is 219 Å². The minimum absolute atomic E-state index is 0. The van der Waals surface area contributed by atoms with Crippen molar-refractivity contribution in [2.45, 2.75) is 57.5 Å². The van der Waals surface area contributed by atoms with Gasteiger partial charge >= 0.3 is 0 Å². The summed E-state index contributed by atoms with van der Waals surface area (Å²) < 4.78 is 2.00. The van der Waals surface area contributed by atoms with Crippen molar-refractivity contribution in [3.63, 3.8) is 0 Å². The zero-order valence-electron chi connectivity index (χ0n) is 20.2. The van der Waals surface area contributed by atoms with Crippen LogP contribution in [0.2, 0.25) is 0 Å². The fourth-order valence-corrected chi connectivity index (χ4v) is 5.24. The number of nitrogens with one attached hydrogen (secondary N) is 2. The Bertz CT molecular complexity index is 1090. The van der Waals surface area contributed by atoms with Crippen LogP contribution in [0.3, 0.4) is 0 Å². The van der Waals surface area contributed by atoms with Crippen LogP contribution < -0.4 is 10.9 Å². The third kappa shape index (κ3) is 6.97. The minimum Gasteiger partial charge on any atom is -0.326 e. The number of halogens is 2. The van der Waals surface area contributed by atoms with Crippen molar-refractivity contribution < 1.29 is 0 Å². The lowest BCUT2D eigenvalue weighted by Crippen LogP contribution is -2.46. The fraction of sp³-hybridized carbons (Fsp3) is 0.560. The number of hydrogen-bond donors (Lipinski definition) is 2. The third-order valence-corrected chi connectivity index (χ3v) is 7.10. The van der Waals surface area contributed by atoms with E-state index in [0.717, 1.165) is 37.7 Å². The molecule has 2 aliphatic heterocycles. The average molecular weight is 523 g/mol. The molecule has 0 amide bonds. The largest absolute Gasteiger partial charge is 0.326 e. The summed E-state index contributed by atoms with van der Waals surface area (Å²) in [5.41, 5.74) is 1.71. The van der Waals surface area contributed by atoms with Crippen LogP contribution in [0.5, 0.6) is 0 Å². The van der Waals surface area contributed by atoms with Crippen molar-refractivity contribution in [1.29, 1.82) is 0 Å². The summed E-state index contributed by atoms with van der Waals surface area (Å²) in [4.78, 5) is 29.5. The summed E-state index contributed by atoms with van der Waals surface area (Å²) in [7, 11) is 0. The van der Waals surface area contributed by atoms with Crippen LogP contribution in [-0.4, -0.2) is 68.1 Å². The first-order valence-electron chi connectivity index (χ1n) is 12.5. The first kappa shape index (κ1) is 27.5. The van der Waals surface area contributed by atoms with E-state index in [1.165, 1.54) is 58.3 Å². The number of para-hydroxylation sites is 1. The molecule has 0 unspecified atom stereocenters. The van der Waals surface area contributed by atoms with Gasteiger partial charge in [0.15, 0.2) is 11.2 Å². The van der Waals surface area contributed by atoms with Crippen molar-refractivity contribution in [1.82, 2.24) is 29.3 Å². The second-order valence-corrected chi connectivity index (χ2v) is 9.39. The van der Waals surface area contributed by atoms with E-state index in [4.69, 9.17) is 0 Å².